The number of aromatic nitrogens is 1. The van der Waals surface area contributed by atoms with Crippen molar-refractivity contribution in [1.29, 1.82) is 0 Å². The highest BCUT2D eigenvalue weighted by atomic mass is 16.4. The Bertz CT molecular complexity index is 299. The molecule has 0 aromatic carbocycles. The number of Topliss-reactive ketones (excluding diaryl/α,β-unsaturated/α-hetero) is 1. The predicted octanol–water partition coefficient (Wildman–Crippen LogP) is 2.31. The van der Waals surface area contributed by atoms with E-state index in [1.54, 1.807) is 6.92 Å². The number of rotatable bonds is 2. The van der Waals surface area contributed by atoms with Gasteiger partial charge in [-0.3, -0.25) is 4.79 Å². The molecule has 66 valence electrons. The normalized spacial score (nSPS) is 10.8. The monoisotopic (exact) mass is 167 g/mol. The Kier molecular flexibility index (Phi) is 2.31. The van der Waals surface area contributed by atoms with Crippen LogP contribution in [0.3, 0.4) is 0 Å². The summed E-state index contributed by atoms with van der Waals surface area (Å²) in [7, 11) is 0. The van der Waals surface area contributed by atoms with E-state index in [1.165, 1.54) is 6.92 Å². The molecule has 0 bridgehead atoms. The molecule has 0 unspecified atom stereocenters. The van der Waals surface area contributed by atoms with Crippen LogP contribution in [0.5, 0.6) is 0 Å². The van der Waals surface area contributed by atoms with E-state index in [-0.39, 0.29) is 11.7 Å². The van der Waals surface area contributed by atoms with Crippen LogP contribution in [-0.2, 0) is 0 Å². The van der Waals surface area contributed by atoms with Crippen LogP contribution in [0, 0.1) is 6.92 Å². The van der Waals surface area contributed by atoms with Crippen LogP contribution >= 0.6 is 0 Å². The molecule has 0 saturated heterocycles. The zero-order valence-corrected chi connectivity index (χ0v) is 7.84. The third-order valence-electron chi connectivity index (χ3n) is 1.62. The first-order chi connectivity index (χ1) is 5.52. The summed E-state index contributed by atoms with van der Waals surface area (Å²) in [6, 6.07) is 0. The third-order valence-corrected chi connectivity index (χ3v) is 1.62. The van der Waals surface area contributed by atoms with Gasteiger partial charge in [0, 0.05) is 19.8 Å². The second-order valence-corrected chi connectivity index (χ2v) is 3.16. The topological polar surface area (TPSA) is 43.1 Å². The third kappa shape index (κ3) is 1.55. The lowest BCUT2D eigenvalue weighted by Gasteiger charge is -1.99. The number of carbonyl (C=O) groups excluding carboxylic acids is 1. The molecule has 0 amide bonds. The second kappa shape index (κ2) is 3.09. The minimum absolute atomic E-state index is 0.0319. The highest BCUT2D eigenvalue weighted by Gasteiger charge is 2.17. The number of hydrogen-bond donors (Lipinski definition) is 0. The lowest BCUT2D eigenvalue weighted by Crippen LogP contribution is -1.98. The molecule has 0 spiro atoms. The van der Waals surface area contributed by atoms with Crippen molar-refractivity contribution < 1.29 is 9.21 Å². The van der Waals surface area contributed by atoms with E-state index in [2.05, 4.69) is 4.98 Å². The largest absolute Gasteiger partial charge is 0.445 e. The molecular weight excluding hydrogens is 154 g/mol. The van der Waals surface area contributed by atoms with Gasteiger partial charge in [-0.2, -0.15) is 0 Å². The van der Waals surface area contributed by atoms with Crippen molar-refractivity contribution in [2.45, 2.75) is 33.6 Å². The molecule has 0 aliphatic heterocycles. The number of oxazole rings is 1. The molecule has 0 aliphatic rings. The van der Waals surface area contributed by atoms with Crippen LogP contribution in [0.25, 0.3) is 0 Å². The highest BCUT2D eigenvalue weighted by Crippen LogP contribution is 2.20. The molecular formula is C9H13NO2. The van der Waals surface area contributed by atoms with Gasteiger partial charge in [0.2, 0.25) is 0 Å². The SMILES string of the molecule is CC(=O)c1nc(C)oc1C(C)C. The molecule has 3 nitrogen and oxygen atoms in total. The zero-order valence-electron chi connectivity index (χ0n) is 7.84. The highest BCUT2D eigenvalue weighted by molar-refractivity contribution is 5.93. The first-order valence-electron chi connectivity index (χ1n) is 4.00. The van der Waals surface area contributed by atoms with Crippen LogP contribution < -0.4 is 0 Å². The smallest absolute Gasteiger partial charge is 0.191 e. The van der Waals surface area contributed by atoms with Crippen LogP contribution in [0.1, 0.15) is 48.8 Å². The number of aryl methyl sites for hydroxylation is 1. The van der Waals surface area contributed by atoms with E-state index >= 15 is 0 Å². The van der Waals surface area contributed by atoms with Gasteiger partial charge in [-0.15, -0.1) is 0 Å². The summed E-state index contributed by atoms with van der Waals surface area (Å²) in [4.78, 5) is 15.1. The fourth-order valence-electron chi connectivity index (χ4n) is 1.09. The van der Waals surface area contributed by atoms with Gasteiger partial charge in [0.1, 0.15) is 11.5 Å². The Balaban J connectivity index is 3.17. The van der Waals surface area contributed by atoms with Gasteiger partial charge in [-0.05, 0) is 0 Å². The van der Waals surface area contributed by atoms with Gasteiger partial charge in [0.05, 0.1) is 0 Å². The van der Waals surface area contributed by atoms with Crippen LogP contribution in [0.4, 0.5) is 0 Å². The Morgan fingerprint density at radius 3 is 2.42 bits per heavy atom. The summed E-state index contributed by atoms with van der Waals surface area (Å²) >= 11 is 0. The Morgan fingerprint density at radius 2 is 2.08 bits per heavy atom. The first-order valence-corrected chi connectivity index (χ1v) is 4.00. The summed E-state index contributed by atoms with van der Waals surface area (Å²) in [6.45, 7) is 7.21. The van der Waals surface area contributed by atoms with Gasteiger partial charge in [-0.1, -0.05) is 13.8 Å². The number of ketones is 1. The molecule has 0 saturated carbocycles. The quantitative estimate of drug-likeness (QED) is 0.635. The van der Waals surface area contributed by atoms with Gasteiger partial charge in [0.15, 0.2) is 11.7 Å². The molecule has 1 rings (SSSR count). The molecule has 1 aromatic rings. The van der Waals surface area contributed by atoms with Crippen LogP contribution in [0.2, 0.25) is 0 Å². The first kappa shape index (κ1) is 8.97. The molecule has 1 heterocycles. The van der Waals surface area contributed by atoms with Gasteiger partial charge in [0.25, 0.3) is 0 Å². The fraction of sp³-hybridized carbons (Fsp3) is 0.556. The molecule has 0 fully saturated rings. The van der Waals surface area contributed by atoms with E-state index in [4.69, 9.17) is 4.42 Å². The van der Waals surface area contributed by atoms with Crippen molar-refractivity contribution >= 4 is 5.78 Å². The van der Waals surface area contributed by atoms with E-state index in [9.17, 15) is 4.79 Å². The standard InChI is InChI=1S/C9H13NO2/c1-5(2)9-8(6(3)11)10-7(4)12-9/h5H,1-4H3. The Labute approximate surface area is 71.8 Å². The summed E-state index contributed by atoms with van der Waals surface area (Å²) < 4.78 is 5.31. The average Bonchev–Trinajstić information content (AvgIpc) is 2.31. The van der Waals surface area contributed by atoms with Crippen molar-refractivity contribution in [3.63, 3.8) is 0 Å². The van der Waals surface area contributed by atoms with Crippen LogP contribution in [0.15, 0.2) is 4.42 Å². The van der Waals surface area contributed by atoms with E-state index in [0.29, 0.717) is 17.3 Å². The number of carbonyl (C=O) groups is 1. The minimum atomic E-state index is -0.0319. The van der Waals surface area contributed by atoms with Gasteiger partial charge in [-0.25, -0.2) is 4.98 Å². The second-order valence-electron chi connectivity index (χ2n) is 3.16. The Morgan fingerprint density at radius 1 is 1.50 bits per heavy atom. The molecule has 0 atom stereocenters. The summed E-state index contributed by atoms with van der Waals surface area (Å²) in [6.07, 6.45) is 0. The van der Waals surface area contributed by atoms with E-state index in [1.807, 2.05) is 13.8 Å². The van der Waals surface area contributed by atoms with E-state index in [0.717, 1.165) is 0 Å². The lowest BCUT2D eigenvalue weighted by molar-refractivity contribution is 0.101. The molecule has 1 aromatic heterocycles. The molecule has 0 N–H and O–H groups in total. The van der Waals surface area contributed by atoms with Crippen LogP contribution in [-0.4, -0.2) is 10.8 Å². The van der Waals surface area contributed by atoms with Gasteiger partial charge >= 0.3 is 0 Å². The summed E-state index contributed by atoms with van der Waals surface area (Å²) in [5.41, 5.74) is 0.475. The number of hydrogen-bond acceptors (Lipinski definition) is 3. The molecule has 0 aliphatic carbocycles. The average molecular weight is 167 g/mol. The van der Waals surface area contributed by atoms with Crippen molar-refractivity contribution in [3.8, 4) is 0 Å². The molecule has 12 heavy (non-hydrogen) atoms. The zero-order chi connectivity index (χ0) is 9.30. The van der Waals surface area contributed by atoms with Crippen molar-refractivity contribution in [1.82, 2.24) is 4.98 Å². The van der Waals surface area contributed by atoms with Crippen molar-refractivity contribution in [3.05, 3.63) is 17.3 Å². The maximum atomic E-state index is 11.1. The maximum Gasteiger partial charge on any atom is 0.191 e. The minimum Gasteiger partial charge on any atom is -0.445 e. The summed E-state index contributed by atoms with van der Waals surface area (Å²) in [5.74, 6) is 1.43. The number of nitrogens with zero attached hydrogens (tertiary/aromatic N) is 1. The fourth-order valence-corrected chi connectivity index (χ4v) is 1.09. The van der Waals surface area contributed by atoms with E-state index < -0.39 is 0 Å². The lowest BCUT2D eigenvalue weighted by atomic mass is 10.1. The summed E-state index contributed by atoms with van der Waals surface area (Å²) in [5, 5.41) is 0. The van der Waals surface area contributed by atoms with Gasteiger partial charge < -0.3 is 4.42 Å². The van der Waals surface area contributed by atoms with Crippen molar-refractivity contribution in [2.24, 2.45) is 0 Å². The molecule has 0 radical (unpaired) electrons. The Hall–Kier alpha value is -1.12. The predicted molar refractivity (Wildman–Crippen MR) is 45.3 cm³/mol. The van der Waals surface area contributed by atoms with Crippen molar-refractivity contribution in [2.75, 3.05) is 0 Å². The molecule has 3 heteroatoms. The maximum absolute atomic E-state index is 11.1.